The van der Waals surface area contributed by atoms with Crippen molar-refractivity contribution in [3.05, 3.63) is 66.6 Å². The number of morpholine rings is 1. The summed E-state index contributed by atoms with van der Waals surface area (Å²) in [6.45, 7) is 4.68. The number of hydrogen-bond donors (Lipinski definition) is 0. The summed E-state index contributed by atoms with van der Waals surface area (Å²) >= 11 is 0. The van der Waals surface area contributed by atoms with E-state index >= 15 is 0 Å². The van der Waals surface area contributed by atoms with Gasteiger partial charge in [-0.15, -0.1) is 0 Å². The molecule has 0 spiro atoms. The second-order valence-electron chi connectivity index (χ2n) is 5.95. The Morgan fingerprint density at radius 1 is 0.958 bits per heavy atom. The zero-order valence-electron chi connectivity index (χ0n) is 13.5. The third-order valence-electron chi connectivity index (χ3n) is 4.26. The largest absolute Gasteiger partial charge is 0.379 e. The minimum absolute atomic E-state index is 0.827. The van der Waals surface area contributed by atoms with Gasteiger partial charge in [0, 0.05) is 37.6 Å². The van der Waals surface area contributed by atoms with Crippen molar-refractivity contribution in [1.29, 1.82) is 0 Å². The lowest BCUT2D eigenvalue weighted by atomic mass is 10.1. The van der Waals surface area contributed by atoms with Crippen molar-refractivity contribution in [2.75, 3.05) is 26.3 Å². The van der Waals surface area contributed by atoms with E-state index in [2.05, 4.69) is 39.2 Å². The van der Waals surface area contributed by atoms with Crippen molar-refractivity contribution in [3.8, 4) is 16.9 Å². The van der Waals surface area contributed by atoms with Gasteiger partial charge < -0.3 is 4.74 Å². The molecule has 1 aliphatic rings. The van der Waals surface area contributed by atoms with Crippen LogP contribution in [0.4, 0.5) is 0 Å². The van der Waals surface area contributed by atoms with Gasteiger partial charge in [-0.2, -0.15) is 5.10 Å². The predicted octanol–water partition coefficient (Wildman–Crippen LogP) is 2.77. The summed E-state index contributed by atoms with van der Waals surface area (Å²) < 4.78 is 7.20. The fraction of sp³-hybridized carbons (Fsp3) is 0.263. The van der Waals surface area contributed by atoms with E-state index in [1.807, 2.05) is 30.6 Å². The van der Waals surface area contributed by atoms with Gasteiger partial charge in [-0.1, -0.05) is 30.3 Å². The lowest BCUT2D eigenvalue weighted by molar-refractivity contribution is 0.0342. The summed E-state index contributed by atoms with van der Waals surface area (Å²) in [5.74, 6) is 0.827. The molecule has 0 amide bonds. The highest BCUT2D eigenvalue weighted by molar-refractivity contribution is 5.62. The van der Waals surface area contributed by atoms with Gasteiger partial charge in [-0.25, -0.2) is 9.67 Å². The summed E-state index contributed by atoms with van der Waals surface area (Å²) in [6, 6.07) is 14.5. The zero-order valence-corrected chi connectivity index (χ0v) is 13.5. The smallest absolute Gasteiger partial charge is 0.153 e. The van der Waals surface area contributed by atoms with E-state index in [4.69, 9.17) is 4.74 Å². The first kappa shape index (κ1) is 15.1. The van der Waals surface area contributed by atoms with E-state index in [0.717, 1.165) is 44.2 Å². The Balaban J connectivity index is 1.48. The normalized spacial score (nSPS) is 15.5. The maximum absolute atomic E-state index is 5.40. The Hall–Kier alpha value is -2.50. The van der Waals surface area contributed by atoms with Crippen LogP contribution in [0.25, 0.3) is 16.9 Å². The number of rotatable bonds is 4. The molecular weight excluding hydrogens is 300 g/mol. The molecule has 122 valence electrons. The Bertz CT molecular complexity index is 777. The van der Waals surface area contributed by atoms with Crippen molar-refractivity contribution < 1.29 is 4.74 Å². The zero-order chi connectivity index (χ0) is 16.2. The molecule has 0 N–H and O–H groups in total. The highest BCUT2D eigenvalue weighted by atomic mass is 16.5. The Morgan fingerprint density at radius 2 is 1.79 bits per heavy atom. The van der Waals surface area contributed by atoms with E-state index < -0.39 is 0 Å². The van der Waals surface area contributed by atoms with Gasteiger partial charge in [-0.3, -0.25) is 4.90 Å². The summed E-state index contributed by atoms with van der Waals surface area (Å²) in [5.41, 5.74) is 3.60. The van der Waals surface area contributed by atoms with Crippen LogP contribution in [-0.4, -0.2) is 46.0 Å². The Labute approximate surface area is 141 Å². The van der Waals surface area contributed by atoms with Gasteiger partial charge >= 0.3 is 0 Å². The molecule has 3 heterocycles. The lowest BCUT2D eigenvalue weighted by Crippen LogP contribution is -2.35. The van der Waals surface area contributed by atoms with E-state index in [1.165, 1.54) is 11.1 Å². The van der Waals surface area contributed by atoms with Crippen molar-refractivity contribution >= 4 is 0 Å². The monoisotopic (exact) mass is 320 g/mol. The molecule has 3 aromatic rings. The van der Waals surface area contributed by atoms with Crippen LogP contribution in [0.5, 0.6) is 0 Å². The minimum Gasteiger partial charge on any atom is -0.379 e. The van der Waals surface area contributed by atoms with E-state index in [9.17, 15) is 0 Å². The molecule has 2 aromatic heterocycles. The van der Waals surface area contributed by atoms with Crippen molar-refractivity contribution in [2.45, 2.75) is 6.54 Å². The van der Waals surface area contributed by atoms with Crippen molar-refractivity contribution in [2.24, 2.45) is 0 Å². The number of aromatic nitrogens is 3. The van der Waals surface area contributed by atoms with E-state index in [-0.39, 0.29) is 0 Å². The van der Waals surface area contributed by atoms with Crippen LogP contribution in [0.2, 0.25) is 0 Å². The van der Waals surface area contributed by atoms with Crippen LogP contribution in [-0.2, 0) is 11.3 Å². The molecular formula is C19H20N4O. The molecule has 0 bridgehead atoms. The predicted molar refractivity (Wildman–Crippen MR) is 92.9 cm³/mol. The molecule has 0 unspecified atom stereocenters. The van der Waals surface area contributed by atoms with E-state index in [1.54, 1.807) is 10.9 Å². The van der Waals surface area contributed by atoms with Gasteiger partial charge in [0.05, 0.1) is 19.4 Å². The Morgan fingerprint density at radius 3 is 2.54 bits per heavy atom. The first-order valence-electron chi connectivity index (χ1n) is 8.24. The fourth-order valence-electron chi connectivity index (χ4n) is 2.91. The average Bonchev–Trinajstić information content (AvgIpc) is 3.14. The maximum Gasteiger partial charge on any atom is 0.153 e. The minimum atomic E-state index is 0.827. The van der Waals surface area contributed by atoms with Gasteiger partial charge in [0.25, 0.3) is 0 Å². The number of pyridine rings is 1. The average molecular weight is 320 g/mol. The molecule has 1 aromatic carbocycles. The van der Waals surface area contributed by atoms with E-state index in [0.29, 0.717) is 0 Å². The number of nitrogens with zero attached hydrogens (tertiary/aromatic N) is 4. The Kier molecular flexibility index (Phi) is 4.36. The third-order valence-corrected chi connectivity index (χ3v) is 4.26. The SMILES string of the molecule is c1ccc(-n2cc(-c3ccc(CN4CCOCC4)cc3)cn2)nc1. The quantitative estimate of drug-likeness (QED) is 0.741. The van der Waals surface area contributed by atoms with Crippen LogP contribution < -0.4 is 0 Å². The summed E-state index contributed by atoms with van der Waals surface area (Å²) in [7, 11) is 0. The lowest BCUT2D eigenvalue weighted by Gasteiger charge is -2.26. The first-order valence-corrected chi connectivity index (χ1v) is 8.24. The van der Waals surface area contributed by atoms with Crippen LogP contribution in [0, 0.1) is 0 Å². The molecule has 5 nitrogen and oxygen atoms in total. The van der Waals surface area contributed by atoms with Gasteiger partial charge in [0.15, 0.2) is 5.82 Å². The summed E-state index contributed by atoms with van der Waals surface area (Å²) in [6.07, 6.45) is 5.67. The third kappa shape index (κ3) is 3.37. The van der Waals surface area contributed by atoms with Crippen LogP contribution in [0.15, 0.2) is 61.1 Å². The van der Waals surface area contributed by atoms with Crippen LogP contribution in [0.3, 0.4) is 0 Å². The highest BCUT2D eigenvalue weighted by Gasteiger charge is 2.11. The molecule has 24 heavy (non-hydrogen) atoms. The summed E-state index contributed by atoms with van der Waals surface area (Å²) in [5, 5.41) is 4.41. The second-order valence-corrected chi connectivity index (χ2v) is 5.95. The molecule has 0 aliphatic carbocycles. The van der Waals surface area contributed by atoms with Crippen LogP contribution >= 0.6 is 0 Å². The molecule has 4 rings (SSSR count). The van der Waals surface area contributed by atoms with Gasteiger partial charge in [-0.05, 0) is 23.3 Å². The number of ether oxygens (including phenoxy) is 1. The molecule has 0 radical (unpaired) electrons. The molecule has 1 aliphatic heterocycles. The standard InChI is InChI=1S/C19H20N4O/c1-2-8-20-19(3-1)23-15-18(13-21-23)17-6-4-16(5-7-17)14-22-9-11-24-12-10-22/h1-8,13,15H,9-12,14H2. The van der Waals surface area contributed by atoms with Crippen molar-refractivity contribution in [3.63, 3.8) is 0 Å². The molecule has 0 atom stereocenters. The summed E-state index contributed by atoms with van der Waals surface area (Å²) in [4.78, 5) is 6.75. The fourth-order valence-corrected chi connectivity index (χ4v) is 2.91. The molecule has 1 fully saturated rings. The number of benzene rings is 1. The molecule has 5 heteroatoms. The molecule has 1 saturated heterocycles. The topological polar surface area (TPSA) is 43.2 Å². The van der Waals surface area contributed by atoms with Crippen molar-refractivity contribution in [1.82, 2.24) is 19.7 Å². The number of hydrogen-bond acceptors (Lipinski definition) is 4. The molecule has 0 saturated carbocycles. The van der Waals surface area contributed by atoms with Gasteiger partial charge in [0.2, 0.25) is 0 Å². The first-order chi connectivity index (χ1) is 11.9. The highest BCUT2D eigenvalue weighted by Crippen LogP contribution is 2.21. The van der Waals surface area contributed by atoms with Gasteiger partial charge in [0.1, 0.15) is 0 Å². The second kappa shape index (κ2) is 6.95. The van der Waals surface area contributed by atoms with Crippen LogP contribution in [0.1, 0.15) is 5.56 Å². The maximum atomic E-state index is 5.40.